The number of halogens is 1. The van der Waals surface area contributed by atoms with Gasteiger partial charge >= 0.3 is 0 Å². The van der Waals surface area contributed by atoms with Gasteiger partial charge in [0.25, 0.3) is 0 Å². The highest BCUT2D eigenvalue weighted by Crippen LogP contribution is 2.34. The van der Waals surface area contributed by atoms with Crippen molar-refractivity contribution in [3.8, 4) is 5.75 Å². The van der Waals surface area contributed by atoms with Crippen LogP contribution < -0.4 is 15.0 Å². The lowest BCUT2D eigenvalue weighted by molar-refractivity contribution is -0.117. The average molecular weight is 498 g/mol. The zero-order valence-corrected chi connectivity index (χ0v) is 19.2. The molecule has 2 amide bonds. The number of carbonyl (C=O) groups excluding carboxylic acids is 2. The molecule has 1 N–H and O–H groups in total. The Kier molecular flexibility index (Phi) is 6.48. The first-order valence-electron chi connectivity index (χ1n) is 9.73. The minimum atomic E-state index is -0.209. The second-order valence-corrected chi connectivity index (χ2v) is 8.71. The summed E-state index contributed by atoms with van der Waals surface area (Å²) in [5.74, 6) is 0.454. The van der Waals surface area contributed by atoms with E-state index in [1.165, 1.54) is 24.3 Å². The quantitative estimate of drug-likeness (QED) is 0.489. The number of hydrogen-bond donors (Lipinski definition) is 1. The highest BCUT2D eigenvalue weighted by atomic mass is 79.9. The van der Waals surface area contributed by atoms with Crippen molar-refractivity contribution in [1.82, 2.24) is 10.3 Å². The van der Waals surface area contributed by atoms with E-state index in [1.807, 2.05) is 53.9 Å². The first-order chi connectivity index (χ1) is 15.0. The van der Waals surface area contributed by atoms with Crippen LogP contribution in [0.2, 0.25) is 0 Å². The predicted molar refractivity (Wildman–Crippen MR) is 126 cm³/mol. The number of aromatic nitrogens is 1. The molecule has 8 heteroatoms. The number of rotatable bonds is 5. The molecule has 31 heavy (non-hydrogen) atoms. The molecule has 6 nitrogen and oxygen atoms in total. The van der Waals surface area contributed by atoms with Gasteiger partial charge in [-0.05, 0) is 36.4 Å². The fourth-order valence-electron chi connectivity index (χ4n) is 3.36. The largest absolute Gasteiger partial charge is 0.493 e. The fourth-order valence-corrected chi connectivity index (χ4v) is 4.59. The number of nitrogens with one attached hydrogen (secondary N) is 1. The van der Waals surface area contributed by atoms with Gasteiger partial charge in [0.15, 0.2) is 5.13 Å². The Labute approximate surface area is 192 Å². The lowest BCUT2D eigenvalue weighted by atomic mass is 10.0. The topological polar surface area (TPSA) is 71.5 Å². The smallest absolute Gasteiger partial charge is 0.244 e. The van der Waals surface area contributed by atoms with Gasteiger partial charge in [-0.25, -0.2) is 4.98 Å². The summed E-state index contributed by atoms with van der Waals surface area (Å²) in [6, 6.07) is 15.0. The van der Waals surface area contributed by atoms with Crippen molar-refractivity contribution in [3.05, 3.63) is 75.7 Å². The second-order valence-electron chi connectivity index (χ2n) is 6.96. The third kappa shape index (κ3) is 5.03. The van der Waals surface area contributed by atoms with Gasteiger partial charge in [-0.3, -0.25) is 14.5 Å². The Balaban J connectivity index is 1.45. The average Bonchev–Trinajstić information content (AvgIpc) is 3.22. The molecule has 0 saturated carbocycles. The molecular weight excluding hydrogens is 478 g/mol. The lowest BCUT2D eigenvalue weighted by Crippen LogP contribution is -2.31. The van der Waals surface area contributed by atoms with Crippen LogP contribution >= 0.6 is 27.3 Å². The first-order valence-corrected chi connectivity index (χ1v) is 11.4. The minimum Gasteiger partial charge on any atom is -0.493 e. The number of amides is 2. The van der Waals surface area contributed by atoms with E-state index in [-0.39, 0.29) is 17.9 Å². The van der Waals surface area contributed by atoms with Gasteiger partial charge in [-0.2, -0.15) is 0 Å². The molecule has 0 fully saturated rings. The number of thiazole rings is 1. The molecule has 0 saturated heterocycles. The van der Waals surface area contributed by atoms with Gasteiger partial charge < -0.3 is 10.1 Å². The van der Waals surface area contributed by atoms with E-state index >= 15 is 0 Å². The Morgan fingerprint density at radius 3 is 2.84 bits per heavy atom. The Bertz CT molecular complexity index is 1130. The van der Waals surface area contributed by atoms with Crippen LogP contribution in [0.5, 0.6) is 5.75 Å². The monoisotopic (exact) mass is 497 g/mol. The van der Waals surface area contributed by atoms with Gasteiger partial charge in [-0.1, -0.05) is 34.1 Å². The molecule has 2 aromatic carbocycles. The molecule has 0 spiro atoms. The summed E-state index contributed by atoms with van der Waals surface area (Å²) < 4.78 is 6.61. The summed E-state index contributed by atoms with van der Waals surface area (Å²) >= 11 is 4.82. The maximum Gasteiger partial charge on any atom is 0.244 e. The van der Waals surface area contributed by atoms with Gasteiger partial charge in [0, 0.05) is 34.8 Å². The summed E-state index contributed by atoms with van der Waals surface area (Å²) in [4.78, 5) is 30.7. The fraction of sp³-hybridized carbons (Fsp3) is 0.174. The number of fused-ring (bicyclic) bond motifs is 1. The number of para-hydroxylation sites is 1. The highest BCUT2D eigenvalue weighted by Gasteiger charge is 2.23. The van der Waals surface area contributed by atoms with Crippen LogP contribution in [0.4, 0.5) is 10.8 Å². The van der Waals surface area contributed by atoms with Gasteiger partial charge in [0.2, 0.25) is 11.8 Å². The Hall–Kier alpha value is -2.97. The van der Waals surface area contributed by atoms with Crippen molar-refractivity contribution in [1.29, 1.82) is 0 Å². The molecule has 0 radical (unpaired) electrons. The summed E-state index contributed by atoms with van der Waals surface area (Å²) in [5, 5.41) is 5.41. The zero-order valence-electron chi connectivity index (χ0n) is 16.7. The molecule has 4 rings (SSSR count). The Morgan fingerprint density at radius 1 is 1.26 bits per heavy atom. The van der Waals surface area contributed by atoms with E-state index in [0.717, 1.165) is 21.5 Å². The first kappa shape index (κ1) is 21.3. The maximum atomic E-state index is 12.5. The maximum absolute atomic E-state index is 12.5. The van der Waals surface area contributed by atoms with Crippen LogP contribution in [-0.4, -0.2) is 23.4 Å². The van der Waals surface area contributed by atoms with E-state index in [1.54, 1.807) is 11.0 Å². The van der Waals surface area contributed by atoms with Crippen LogP contribution in [0.15, 0.2) is 64.5 Å². The standard InChI is InChI=1S/C23H20BrN3O3S/c1-15(28)27(18-5-3-2-4-6-18)23-25-17(14-31-23)8-10-22(29)26-20-11-12-30-21-9-7-16(24)13-19(20)21/h2-10,13-14,20H,11-12H2,1H3,(H,26,29)/b10-8+. The van der Waals surface area contributed by atoms with Crippen LogP contribution in [0.25, 0.3) is 6.08 Å². The summed E-state index contributed by atoms with van der Waals surface area (Å²) in [6.45, 7) is 2.06. The van der Waals surface area contributed by atoms with Crippen LogP contribution in [0, 0.1) is 0 Å². The molecule has 1 aliphatic rings. The van der Waals surface area contributed by atoms with Crippen LogP contribution in [0.3, 0.4) is 0 Å². The molecule has 3 aromatic rings. The Morgan fingerprint density at radius 2 is 2.06 bits per heavy atom. The number of hydrogen-bond acceptors (Lipinski definition) is 5. The van der Waals surface area contributed by atoms with Crippen molar-refractivity contribution in [3.63, 3.8) is 0 Å². The van der Waals surface area contributed by atoms with Crippen LogP contribution in [-0.2, 0) is 9.59 Å². The lowest BCUT2D eigenvalue weighted by Gasteiger charge is -2.26. The van der Waals surface area contributed by atoms with E-state index < -0.39 is 0 Å². The molecule has 158 valence electrons. The predicted octanol–water partition coefficient (Wildman–Crippen LogP) is 5.24. The highest BCUT2D eigenvalue weighted by molar-refractivity contribution is 9.10. The summed E-state index contributed by atoms with van der Waals surface area (Å²) in [5.41, 5.74) is 2.33. The molecule has 1 aromatic heterocycles. The number of ether oxygens (including phenoxy) is 1. The van der Waals surface area contributed by atoms with Crippen molar-refractivity contribution in [2.75, 3.05) is 11.5 Å². The summed E-state index contributed by atoms with van der Waals surface area (Å²) in [7, 11) is 0. The number of carbonyl (C=O) groups is 2. The van der Waals surface area contributed by atoms with Gasteiger partial charge in [0.05, 0.1) is 24.0 Å². The molecule has 1 aliphatic heterocycles. The third-order valence-corrected chi connectivity index (χ3v) is 6.10. The van der Waals surface area contributed by atoms with E-state index in [4.69, 9.17) is 4.74 Å². The normalized spacial score (nSPS) is 15.2. The SMILES string of the molecule is CC(=O)N(c1ccccc1)c1nc(/C=C/C(=O)NC2CCOc3ccc(Br)cc32)cs1. The molecule has 2 heterocycles. The molecule has 1 unspecified atom stereocenters. The van der Waals surface area contributed by atoms with Gasteiger partial charge in [0.1, 0.15) is 5.75 Å². The van der Waals surface area contributed by atoms with Crippen molar-refractivity contribution < 1.29 is 14.3 Å². The van der Waals surface area contributed by atoms with E-state index in [2.05, 4.69) is 26.2 Å². The zero-order chi connectivity index (χ0) is 21.8. The molecule has 1 atom stereocenters. The van der Waals surface area contributed by atoms with E-state index in [0.29, 0.717) is 23.9 Å². The molecule has 0 aliphatic carbocycles. The number of nitrogens with zero attached hydrogens (tertiary/aromatic N) is 2. The number of anilines is 2. The molecular formula is C23H20BrN3O3S. The number of benzene rings is 2. The van der Waals surface area contributed by atoms with Gasteiger partial charge in [-0.15, -0.1) is 11.3 Å². The van der Waals surface area contributed by atoms with Crippen molar-refractivity contribution in [2.24, 2.45) is 0 Å². The van der Waals surface area contributed by atoms with Crippen molar-refractivity contribution in [2.45, 2.75) is 19.4 Å². The second kappa shape index (κ2) is 9.45. The summed E-state index contributed by atoms with van der Waals surface area (Å²) in [6.07, 6.45) is 3.82. The minimum absolute atomic E-state index is 0.115. The third-order valence-electron chi connectivity index (χ3n) is 4.76. The van der Waals surface area contributed by atoms with Crippen molar-refractivity contribution >= 4 is 56.0 Å². The van der Waals surface area contributed by atoms with E-state index in [9.17, 15) is 9.59 Å². The van der Waals surface area contributed by atoms with Crippen LogP contribution in [0.1, 0.15) is 30.6 Å². The molecule has 0 bridgehead atoms.